The van der Waals surface area contributed by atoms with Gasteiger partial charge in [0.05, 0.1) is 12.2 Å². The summed E-state index contributed by atoms with van der Waals surface area (Å²) in [5.74, 6) is -0.157. The molecule has 0 spiro atoms. The molecule has 0 aromatic heterocycles. The molecule has 0 aliphatic carbocycles. The minimum atomic E-state index is -0.173. The number of phenolic OH excluding ortho intramolecular Hbond substituents is 1. The van der Waals surface area contributed by atoms with Gasteiger partial charge < -0.3 is 14.7 Å². The van der Waals surface area contributed by atoms with Crippen molar-refractivity contribution in [1.82, 2.24) is 4.90 Å². The number of hydrogen-bond donors (Lipinski definition) is 1. The molecule has 1 rings (SSSR count). The molecule has 0 aliphatic rings. The Kier molecular flexibility index (Phi) is 6.15. The third kappa shape index (κ3) is 3.99. The van der Waals surface area contributed by atoms with E-state index >= 15 is 0 Å². The molecule has 1 aromatic carbocycles. The van der Waals surface area contributed by atoms with Crippen LogP contribution in [0.1, 0.15) is 15.9 Å². The van der Waals surface area contributed by atoms with Crippen molar-refractivity contribution in [2.24, 2.45) is 0 Å². The number of carbonyl (C=O) groups is 1. The second kappa shape index (κ2) is 7.38. The van der Waals surface area contributed by atoms with E-state index in [-0.39, 0.29) is 11.7 Å². The number of halogens is 1. The number of nitrogens with zero attached hydrogens (tertiary/aromatic N) is 1. The summed E-state index contributed by atoms with van der Waals surface area (Å²) in [6.07, 6.45) is 0. The average Bonchev–Trinajstić information content (AvgIpc) is 2.36. The van der Waals surface area contributed by atoms with Crippen molar-refractivity contribution in [1.29, 1.82) is 0 Å². The number of ether oxygens (including phenoxy) is 1. The molecule has 0 radical (unpaired) electrons. The van der Waals surface area contributed by atoms with E-state index in [4.69, 9.17) is 4.74 Å². The van der Waals surface area contributed by atoms with Crippen molar-refractivity contribution in [3.8, 4) is 5.75 Å². The summed E-state index contributed by atoms with van der Waals surface area (Å²) >= 11 is 3.32. The minimum absolute atomic E-state index is 0.0163. The second-order valence-electron chi connectivity index (χ2n) is 3.99. The van der Waals surface area contributed by atoms with Gasteiger partial charge in [-0.15, -0.1) is 0 Å². The molecule has 1 aromatic rings. The molecular formula is C13H18BrNO3. The highest BCUT2D eigenvalue weighted by Crippen LogP contribution is 2.20. The van der Waals surface area contributed by atoms with Gasteiger partial charge in [-0.1, -0.05) is 27.6 Å². The van der Waals surface area contributed by atoms with Crippen LogP contribution in [0, 0.1) is 6.92 Å². The molecule has 0 bridgehead atoms. The van der Waals surface area contributed by atoms with Crippen LogP contribution in [0.2, 0.25) is 0 Å². The summed E-state index contributed by atoms with van der Waals surface area (Å²) < 4.78 is 4.99. The van der Waals surface area contributed by atoms with Gasteiger partial charge in [0.2, 0.25) is 0 Å². The lowest BCUT2D eigenvalue weighted by atomic mass is 10.1. The van der Waals surface area contributed by atoms with Crippen molar-refractivity contribution in [3.05, 3.63) is 29.3 Å². The standard InChI is InChI=1S/C13H18BrNO3/c1-10-3-4-12(16)11(9-10)13(17)15(6-5-14)7-8-18-2/h3-4,9,16H,5-8H2,1-2H3. The van der Waals surface area contributed by atoms with E-state index in [1.807, 2.05) is 6.92 Å². The molecule has 0 aliphatic heterocycles. The van der Waals surface area contributed by atoms with Gasteiger partial charge in [-0.05, 0) is 19.1 Å². The van der Waals surface area contributed by atoms with Crippen LogP contribution < -0.4 is 0 Å². The van der Waals surface area contributed by atoms with Crippen molar-refractivity contribution in [2.75, 3.05) is 32.1 Å². The van der Waals surface area contributed by atoms with Gasteiger partial charge in [-0.25, -0.2) is 0 Å². The fourth-order valence-corrected chi connectivity index (χ4v) is 2.04. The maximum absolute atomic E-state index is 12.3. The molecule has 18 heavy (non-hydrogen) atoms. The Balaban J connectivity index is 2.90. The minimum Gasteiger partial charge on any atom is -0.507 e. The van der Waals surface area contributed by atoms with Gasteiger partial charge in [-0.3, -0.25) is 4.79 Å². The maximum Gasteiger partial charge on any atom is 0.257 e. The number of carbonyl (C=O) groups excluding carboxylic acids is 1. The average molecular weight is 316 g/mol. The smallest absolute Gasteiger partial charge is 0.257 e. The van der Waals surface area contributed by atoms with E-state index < -0.39 is 0 Å². The lowest BCUT2D eigenvalue weighted by Gasteiger charge is -2.22. The third-order valence-electron chi connectivity index (χ3n) is 2.59. The molecule has 0 heterocycles. The monoisotopic (exact) mass is 315 g/mol. The number of amides is 1. The molecular weight excluding hydrogens is 298 g/mol. The molecule has 0 fully saturated rings. The quantitative estimate of drug-likeness (QED) is 0.819. The Morgan fingerprint density at radius 2 is 2.17 bits per heavy atom. The summed E-state index contributed by atoms with van der Waals surface area (Å²) in [6, 6.07) is 5.02. The zero-order valence-electron chi connectivity index (χ0n) is 10.6. The molecule has 0 atom stereocenters. The number of aromatic hydroxyl groups is 1. The van der Waals surface area contributed by atoms with Crippen LogP contribution in [0.15, 0.2) is 18.2 Å². The number of aryl methyl sites for hydroxylation is 1. The molecule has 0 saturated carbocycles. The van der Waals surface area contributed by atoms with Gasteiger partial charge in [0, 0.05) is 25.5 Å². The van der Waals surface area contributed by atoms with Crippen LogP contribution in [0.25, 0.3) is 0 Å². The highest BCUT2D eigenvalue weighted by Gasteiger charge is 2.18. The molecule has 100 valence electrons. The van der Waals surface area contributed by atoms with Crippen LogP contribution in [0.5, 0.6) is 5.75 Å². The van der Waals surface area contributed by atoms with Crippen LogP contribution in [0.4, 0.5) is 0 Å². The van der Waals surface area contributed by atoms with Crippen LogP contribution >= 0.6 is 15.9 Å². The zero-order chi connectivity index (χ0) is 13.5. The first-order valence-corrected chi connectivity index (χ1v) is 6.86. The largest absolute Gasteiger partial charge is 0.507 e. The molecule has 4 nitrogen and oxygen atoms in total. The van der Waals surface area contributed by atoms with Crippen molar-refractivity contribution in [2.45, 2.75) is 6.92 Å². The Morgan fingerprint density at radius 3 is 2.78 bits per heavy atom. The number of alkyl halides is 1. The fourth-order valence-electron chi connectivity index (χ4n) is 1.61. The number of benzene rings is 1. The van der Waals surface area contributed by atoms with Crippen LogP contribution in [-0.2, 0) is 4.74 Å². The van der Waals surface area contributed by atoms with Gasteiger partial charge >= 0.3 is 0 Å². The summed E-state index contributed by atoms with van der Waals surface area (Å²) in [4.78, 5) is 14.0. The SMILES string of the molecule is COCCN(CCBr)C(=O)c1cc(C)ccc1O. The Bertz CT molecular complexity index is 409. The number of rotatable bonds is 6. The number of hydrogen-bond acceptors (Lipinski definition) is 3. The fraction of sp³-hybridized carbons (Fsp3) is 0.462. The zero-order valence-corrected chi connectivity index (χ0v) is 12.2. The van der Waals surface area contributed by atoms with Crippen molar-refractivity contribution >= 4 is 21.8 Å². The molecule has 1 N–H and O–H groups in total. The van der Waals surface area contributed by atoms with E-state index in [2.05, 4.69) is 15.9 Å². The molecule has 1 amide bonds. The van der Waals surface area contributed by atoms with Crippen molar-refractivity contribution in [3.63, 3.8) is 0 Å². The van der Waals surface area contributed by atoms with Crippen molar-refractivity contribution < 1.29 is 14.6 Å². The Morgan fingerprint density at radius 1 is 1.44 bits per heavy atom. The molecule has 5 heteroatoms. The first kappa shape index (κ1) is 15.0. The maximum atomic E-state index is 12.3. The topological polar surface area (TPSA) is 49.8 Å². The lowest BCUT2D eigenvalue weighted by Crippen LogP contribution is -2.35. The predicted molar refractivity (Wildman–Crippen MR) is 74.4 cm³/mol. The van der Waals surface area contributed by atoms with E-state index in [0.717, 1.165) is 5.56 Å². The second-order valence-corrected chi connectivity index (χ2v) is 4.79. The summed E-state index contributed by atoms with van der Waals surface area (Å²) in [6.45, 7) is 3.45. The lowest BCUT2D eigenvalue weighted by molar-refractivity contribution is 0.0706. The third-order valence-corrected chi connectivity index (χ3v) is 2.94. The Labute approximate surface area is 116 Å². The van der Waals surface area contributed by atoms with E-state index in [0.29, 0.717) is 30.6 Å². The van der Waals surface area contributed by atoms with Crippen LogP contribution in [-0.4, -0.2) is 48.0 Å². The van der Waals surface area contributed by atoms with E-state index in [1.54, 1.807) is 30.2 Å². The highest BCUT2D eigenvalue weighted by atomic mass is 79.9. The first-order valence-electron chi connectivity index (χ1n) is 5.74. The van der Waals surface area contributed by atoms with E-state index in [9.17, 15) is 9.90 Å². The Hall–Kier alpha value is -1.07. The summed E-state index contributed by atoms with van der Waals surface area (Å²) in [5, 5.41) is 10.4. The predicted octanol–water partition coefficient (Wildman–Crippen LogP) is 2.18. The number of methoxy groups -OCH3 is 1. The summed E-state index contributed by atoms with van der Waals surface area (Å²) in [5.41, 5.74) is 1.29. The van der Waals surface area contributed by atoms with Gasteiger partial charge in [0.25, 0.3) is 5.91 Å². The van der Waals surface area contributed by atoms with Gasteiger partial charge in [0.15, 0.2) is 0 Å². The highest BCUT2D eigenvalue weighted by molar-refractivity contribution is 9.09. The summed E-state index contributed by atoms with van der Waals surface area (Å²) in [7, 11) is 1.60. The number of phenols is 1. The molecule has 0 unspecified atom stereocenters. The van der Waals surface area contributed by atoms with Gasteiger partial charge in [-0.2, -0.15) is 0 Å². The van der Waals surface area contributed by atoms with E-state index in [1.165, 1.54) is 0 Å². The normalized spacial score (nSPS) is 10.4. The van der Waals surface area contributed by atoms with Gasteiger partial charge in [0.1, 0.15) is 5.75 Å². The molecule has 0 saturated heterocycles. The first-order chi connectivity index (χ1) is 8.60. The van der Waals surface area contributed by atoms with Crippen LogP contribution in [0.3, 0.4) is 0 Å².